The molecule has 1 saturated heterocycles. The van der Waals surface area contributed by atoms with Gasteiger partial charge in [-0.2, -0.15) is 0 Å². The fourth-order valence-corrected chi connectivity index (χ4v) is 5.45. The zero-order valence-corrected chi connectivity index (χ0v) is 14.4. The molecule has 6 nitrogen and oxygen atoms in total. The number of benzene rings is 1. The van der Waals surface area contributed by atoms with E-state index in [2.05, 4.69) is 20.8 Å². The summed E-state index contributed by atoms with van der Waals surface area (Å²) in [5.41, 5.74) is 1.66. The number of aromatic nitrogens is 4. The summed E-state index contributed by atoms with van der Waals surface area (Å²) < 4.78 is 1.57. The lowest BCUT2D eigenvalue weighted by Crippen LogP contribution is -2.11. The van der Waals surface area contributed by atoms with Crippen molar-refractivity contribution in [3.05, 3.63) is 30.6 Å². The Labute approximate surface area is 143 Å². The molecule has 1 fully saturated rings. The maximum absolute atomic E-state index is 12.0. The second kappa shape index (κ2) is 8.35. The van der Waals surface area contributed by atoms with E-state index in [1.54, 1.807) is 4.68 Å². The second-order valence-electron chi connectivity index (χ2n) is 5.42. The average molecular weight is 349 g/mol. The van der Waals surface area contributed by atoms with Crippen LogP contribution < -0.4 is 5.32 Å². The number of tetrazole rings is 1. The van der Waals surface area contributed by atoms with Gasteiger partial charge in [0.05, 0.1) is 5.69 Å². The van der Waals surface area contributed by atoms with Crippen LogP contribution in [0.15, 0.2) is 30.6 Å². The first kappa shape index (κ1) is 16.3. The summed E-state index contributed by atoms with van der Waals surface area (Å²) in [6.07, 6.45) is 6.74. The van der Waals surface area contributed by atoms with Gasteiger partial charge < -0.3 is 5.32 Å². The van der Waals surface area contributed by atoms with Crippen molar-refractivity contribution in [1.29, 1.82) is 0 Å². The lowest BCUT2D eigenvalue weighted by molar-refractivity contribution is -0.116. The molecular formula is C15H19N5OS2. The van der Waals surface area contributed by atoms with Crippen LogP contribution in [0.1, 0.15) is 32.1 Å². The van der Waals surface area contributed by atoms with Gasteiger partial charge in [-0.1, -0.05) is 28.0 Å². The number of amides is 1. The van der Waals surface area contributed by atoms with Crippen LogP contribution in [-0.2, 0) is 4.79 Å². The van der Waals surface area contributed by atoms with Crippen molar-refractivity contribution in [3.8, 4) is 5.69 Å². The molecule has 0 aliphatic carbocycles. The third-order valence-electron chi connectivity index (χ3n) is 3.67. The van der Waals surface area contributed by atoms with Crippen LogP contribution in [0.4, 0.5) is 5.69 Å². The molecule has 0 unspecified atom stereocenters. The molecule has 1 aliphatic rings. The lowest BCUT2D eigenvalue weighted by Gasteiger charge is -2.08. The Bertz CT molecular complexity index is 611. The lowest BCUT2D eigenvalue weighted by atomic mass is 10.1. The minimum atomic E-state index is 0.0774. The van der Waals surface area contributed by atoms with Crippen LogP contribution in [0.5, 0.6) is 0 Å². The molecule has 23 heavy (non-hydrogen) atoms. The summed E-state index contributed by atoms with van der Waals surface area (Å²) in [6.45, 7) is 0. The van der Waals surface area contributed by atoms with Gasteiger partial charge in [-0.25, -0.2) is 4.68 Å². The van der Waals surface area contributed by atoms with Gasteiger partial charge >= 0.3 is 0 Å². The quantitative estimate of drug-likeness (QED) is 0.611. The van der Waals surface area contributed by atoms with E-state index < -0.39 is 0 Å². The summed E-state index contributed by atoms with van der Waals surface area (Å²) in [7, 11) is 3.98. The van der Waals surface area contributed by atoms with Crippen molar-refractivity contribution in [3.63, 3.8) is 0 Å². The predicted octanol–water partition coefficient (Wildman–Crippen LogP) is 3.31. The van der Waals surface area contributed by atoms with E-state index in [1.807, 2.05) is 45.9 Å². The van der Waals surface area contributed by atoms with Crippen LogP contribution in [0.25, 0.3) is 5.69 Å². The maximum Gasteiger partial charge on any atom is 0.224 e. The van der Waals surface area contributed by atoms with E-state index in [-0.39, 0.29) is 5.91 Å². The molecule has 1 aromatic heterocycles. The number of carbonyl (C=O) groups excluding carboxylic acids is 1. The summed E-state index contributed by atoms with van der Waals surface area (Å²) in [6, 6.07) is 7.48. The van der Waals surface area contributed by atoms with Gasteiger partial charge in [-0.15, -0.1) is 5.10 Å². The van der Waals surface area contributed by atoms with Crippen molar-refractivity contribution in [2.24, 2.45) is 0 Å². The standard InChI is InChI=1S/C15H19N5OS2/c21-15(4-2-1-3-14-9-10-22-23-14)17-12-5-7-13(8-6-12)20-11-16-18-19-20/h5-8,11,14H,1-4,9-10H2,(H,17,21)/t14-/m0/s1. The summed E-state index contributed by atoms with van der Waals surface area (Å²) >= 11 is 0. The Kier molecular flexibility index (Phi) is 5.93. The molecule has 0 radical (unpaired) electrons. The Morgan fingerprint density at radius 3 is 2.87 bits per heavy atom. The van der Waals surface area contributed by atoms with Crippen LogP contribution in [0.3, 0.4) is 0 Å². The van der Waals surface area contributed by atoms with Gasteiger partial charge in [0.25, 0.3) is 0 Å². The Balaban J connectivity index is 1.39. The Hall–Kier alpha value is -1.54. The van der Waals surface area contributed by atoms with Gasteiger partial charge in [0.1, 0.15) is 6.33 Å². The van der Waals surface area contributed by atoms with Crippen LogP contribution in [-0.4, -0.2) is 37.1 Å². The summed E-state index contributed by atoms with van der Waals surface area (Å²) in [4.78, 5) is 12.0. The highest BCUT2D eigenvalue weighted by atomic mass is 33.1. The number of anilines is 1. The normalized spacial score (nSPS) is 17.3. The molecule has 1 N–H and O–H groups in total. The van der Waals surface area contributed by atoms with Crippen molar-refractivity contribution < 1.29 is 4.79 Å². The van der Waals surface area contributed by atoms with Gasteiger partial charge in [-0.3, -0.25) is 4.79 Å². The molecular weight excluding hydrogens is 330 g/mol. The zero-order valence-electron chi connectivity index (χ0n) is 12.7. The van der Waals surface area contributed by atoms with E-state index in [0.717, 1.165) is 29.5 Å². The van der Waals surface area contributed by atoms with Gasteiger partial charge in [0.2, 0.25) is 5.91 Å². The highest BCUT2D eigenvalue weighted by Gasteiger charge is 2.15. The molecule has 1 aliphatic heterocycles. The highest BCUT2D eigenvalue weighted by molar-refractivity contribution is 8.77. The number of rotatable bonds is 7. The SMILES string of the molecule is O=C(CCCC[C@H]1CCSS1)Nc1ccc(-n2cnnn2)cc1. The Morgan fingerprint density at radius 2 is 2.17 bits per heavy atom. The minimum Gasteiger partial charge on any atom is -0.326 e. The molecule has 1 amide bonds. The molecule has 8 heteroatoms. The zero-order chi connectivity index (χ0) is 15.9. The Morgan fingerprint density at radius 1 is 1.30 bits per heavy atom. The summed E-state index contributed by atoms with van der Waals surface area (Å²) in [5, 5.41) is 14.8. The minimum absolute atomic E-state index is 0.0774. The molecule has 3 rings (SSSR count). The maximum atomic E-state index is 12.0. The van der Waals surface area contributed by atoms with Crippen molar-refractivity contribution in [2.45, 2.75) is 37.4 Å². The second-order valence-corrected chi connectivity index (χ2v) is 8.21. The molecule has 1 atom stereocenters. The van der Waals surface area contributed by atoms with Gasteiger partial charge in [0.15, 0.2) is 0 Å². The van der Waals surface area contributed by atoms with Crippen LogP contribution >= 0.6 is 21.6 Å². The number of nitrogens with zero attached hydrogens (tertiary/aromatic N) is 4. The third-order valence-corrected chi connectivity index (χ3v) is 6.68. The molecule has 122 valence electrons. The fraction of sp³-hybridized carbons (Fsp3) is 0.467. The molecule has 1 aromatic carbocycles. The van der Waals surface area contributed by atoms with Crippen molar-refractivity contribution in [1.82, 2.24) is 20.2 Å². The molecule has 0 spiro atoms. The monoisotopic (exact) mass is 349 g/mol. The molecule has 0 bridgehead atoms. The fourth-order valence-electron chi connectivity index (χ4n) is 2.42. The van der Waals surface area contributed by atoms with E-state index >= 15 is 0 Å². The molecule has 2 heterocycles. The number of hydrogen-bond acceptors (Lipinski definition) is 6. The smallest absolute Gasteiger partial charge is 0.224 e. The first-order chi connectivity index (χ1) is 11.3. The average Bonchev–Trinajstić information content (AvgIpc) is 3.26. The molecule has 2 aromatic rings. The van der Waals surface area contributed by atoms with Crippen molar-refractivity contribution >= 4 is 33.2 Å². The van der Waals surface area contributed by atoms with E-state index in [4.69, 9.17) is 0 Å². The summed E-state index contributed by atoms with van der Waals surface area (Å²) in [5.74, 6) is 1.35. The molecule has 0 saturated carbocycles. The number of hydrogen-bond donors (Lipinski definition) is 1. The number of unbranched alkanes of at least 4 members (excludes halogenated alkanes) is 1. The number of carbonyl (C=O) groups is 1. The van der Waals surface area contributed by atoms with Gasteiger partial charge in [0, 0.05) is 23.1 Å². The van der Waals surface area contributed by atoms with E-state index in [0.29, 0.717) is 6.42 Å². The first-order valence-corrected chi connectivity index (χ1v) is 10.1. The predicted molar refractivity (Wildman–Crippen MR) is 94.7 cm³/mol. The van der Waals surface area contributed by atoms with Crippen LogP contribution in [0, 0.1) is 0 Å². The van der Waals surface area contributed by atoms with Crippen LogP contribution in [0.2, 0.25) is 0 Å². The number of nitrogens with one attached hydrogen (secondary N) is 1. The van der Waals surface area contributed by atoms with Gasteiger partial charge in [-0.05, 0) is 54.0 Å². The van der Waals surface area contributed by atoms with E-state index in [9.17, 15) is 4.79 Å². The third kappa shape index (κ3) is 4.97. The topological polar surface area (TPSA) is 72.7 Å². The first-order valence-electron chi connectivity index (χ1n) is 7.73. The van der Waals surface area contributed by atoms with E-state index in [1.165, 1.54) is 24.9 Å². The highest BCUT2D eigenvalue weighted by Crippen LogP contribution is 2.39. The van der Waals surface area contributed by atoms with Crippen molar-refractivity contribution in [2.75, 3.05) is 11.1 Å². The largest absolute Gasteiger partial charge is 0.326 e.